The minimum atomic E-state index is -0.795. The summed E-state index contributed by atoms with van der Waals surface area (Å²) in [6.07, 6.45) is 3.28. The van der Waals surface area contributed by atoms with E-state index in [0.717, 1.165) is 24.8 Å². The summed E-state index contributed by atoms with van der Waals surface area (Å²) in [6, 6.07) is 9.58. The van der Waals surface area contributed by atoms with Gasteiger partial charge in [0, 0.05) is 0 Å². The molecule has 1 saturated heterocycles. The highest BCUT2D eigenvalue weighted by Crippen LogP contribution is 2.41. The van der Waals surface area contributed by atoms with Gasteiger partial charge in [-0.15, -0.1) is 0 Å². The van der Waals surface area contributed by atoms with E-state index < -0.39 is 5.60 Å². The second-order valence-corrected chi connectivity index (χ2v) is 4.44. The van der Waals surface area contributed by atoms with Gasteiger partial charge in [-0.1, -0.05) is 30.3 Å². The van der Waals surface area contributed by atoms with Gasteiger partial charge in [0.2, 0.25) is 5.60 Å². The molecular weight excluding hydrogens is 204 g/mol. The summed E-state index contributed by atoms with van der Waals surface area (Å²) in [4.78, 5) is 12.0. The molecule has 1 aliphatic heterocycles. The Balaban J connectivity index is 1.75. The molecule has 1 saturated carbocycles. The SMILES string of the molecule is O=C(OC1CCC1)C1(c2ccccc2)CO1. The van der Waals surface area contributed by atoms with Gasteiger partial charge < -0.3 is 9.47 Å². The number of esters is 1. The second kappa shape index (κ2) is 3.59. The molecule has 0 radical (unpaired) electrons. The van der Waals surface area contributed by atoms with Crippen LogP contribution in [0.5, 0.6) is 0 Å². The summed E-state index contributed by atoms with van der Waals surface area (Å²) in [6.45, 7) is 0.447. The molecule has 0 aromatic heterocycles. The minimum absolute atomic E-state index is 0.122. The fraction of sp³-hybridized carbons (Fsp3) is 0.462. The van der Waals surface area contributed by atoms with E-state index in [0.29, 0.717) is 6.61 Å². The van der Waals surface area contributed by atoms with Gasteiger partial charge in [-0.2, -0.15) is 0 Å². The lowest BCUT2D eigenvalue weighted by Crippen LogP contribution is -2.32. The highest BCUT2D eigenvalue weighted by atomic mass is 16.6. The number of hydrogen-bond donors (Lipinski definition) is 0. The van der Waals surface area contributed by atoms with Crippen LogP contribution in [0.15, 0.2) is 30.3 Å². The predicted octanol–water partition coefficient (Wildman–Crippen LogP) is 2.01. The largest absolute Gasteiger partial charge is 0.460 e. The Labute approximate surface area is 94.4 Å². The maximum absolute atomic E-state index is 12.0. The summed E-state index contributed by atoms with van der Waals surface area (Å²) in [5.41, 5.74) is 0.107. The van der Waals surface area contributed by atoms with Crippen molar-refractivity contribution in [1.29, 1.82) is 0 Å². The first-order valence-corrected chi connectivity index (χ1v) is 5.72. The molecule has 0 amide bonds. The number of epoxide rings is 1. The van der Waals surface area contributed by atoms with Crippen LogP contribution < -0.4 is 0 Å². The lowest BCUT2D eigenvalue weighted by molar-refractivity contribution is -0.160. The third-order valence-corrected chi connectivity index (χ3v) is 3.33. The average molecular weight is 218 g/mol. The van der Waals surface area contributed by atoms with Crippen molar-refractivity contribution in [2.75, 3.05) is 6.61 Å². The van der Waals surface area contributed by atoms with E-state index in [1.807, 2.05) is 30.3 Å². The van der Waals surface area contributed by atoms with Gasteiger partial charge in [0.25, 0.3) is 0 Å². The van der Waals surface area contributed by atoms with E-state index in [1.54, 1.807) is 0 Å². The van der Waals surface area contributed by atoms with E-state index in [-0.39, 0.29) is 12.1 Å². The van der Waals surface area contributed by atoms with Crippen molar-refractivity contribution in [2.45, 2.75) is 31.0 Å². The van der Waals surface area contributed by atoms with Crippen molar-refractivity contribution in [3.05, 3.63) is 35.9 Å². The molecule has 0 N–H and O–H groups in total. The minimum Gasteiger partial charge on any atom is -0.460 e. The molecule has 2 aliphatic rings. The van der Waals surface area contributed by atoms with Crippen molar-refractivity contribution >= 4 is 5.97 Å². The summed E-state index contributed by atoms with van der Waals surface area (Å²) in [5.74, 6) is -0.219. The standard InChI is InChI=1S/C13H14O3/c14-12(16-11-7-4-8-11)13(9-15-13)10-5-2-1-3-6-10/h1-3,5-6,11H,4,7-9H2. The summed E-state index contributed by atoms with van der Waals surface area (Å²) in [5, 5.41) is 0. The van der Waals surface area contributed by atoms with Crippen LogP contribution in [0.4, 0.5) is 0 Å². The lowest BCUT2D eigenvalue weighted by Gasteiger charge is -2.26. The highest BCUT2D eigenvalue weighted by Gasteiger charge is 2.56. The first-order valence-electron chi connectivity index (χ1n) is 5.72. The Morgan fingerprint density at radius 2 is 2.00 bits per heavy atom. The van der Waals surface area contributed by atoms with Gasteiger partial charge in [-0.25, -0.2) is 4.79 Å². The molecule has 3 nitrogen and oxygen atoms in total. The van der Waals surface area contributed by atoms with Crippen molar-refractivity contribution in [3.63, 3.8) is 0 Å². The quantitative estimate of drug-likeness (QED) is 0.575. The molecule has 1 heterocycles. The number of carbonyl (C=O) groups is 1. The van der Waals surface area contributed by atoms with Gasteiger partial charge in [-0.3, -0.25) is 0 Å². The second-order valence-electron chi connectivity index (χ2n) is 4.44. The molecular formula is C13H14O3. The van der Waals surface area contributed by atoms with Crippen LogP contribution in [0.25, 0.3) is 0 Å². The smallest absolute Gasteiger partial charge is 0.345 e. The molecule has 3 heteroatoms. The molecule has 0 spiro atoms. The Hall–Kier alpha value is -1.35. The molecule has 16 heavy (non-hydrogen) atoms. The summed E-state index contributed by atoms with van der Waals surface area (Å²) in [7, 11) is 0. The van der Waals surface area contributed by atoms with Crippen LogP contribution in [0.1, 0.15) is 24.8 Å². The van der Waals surface area contributed by atoms with Gasteiger partial charge in [0.1, 0.15) is 6.10 Å². The van der Waals surface area contributed by atoms with Crippen LogP contribution in [-0.2, 0) is 19.9 Å². The number of hydrogen-bond acceptors (Lipinski definition) is 3. The first kappa shape index (κ1) is 9.85. The Kier molecular flexibility index (Phi) is 2.21. The van der Waals surface area contributed by atoms with Crippen molar-refractivity contribution in [1.82, 2.24) is 0 Å². The third kappa shape index (κ3) is 1.52. The molecule has 3 rings (SSSR count). The van der Waals surface area contributed by atoms with Crippen LogP contribution >= 0.6 is 0 Å². The Morgan fingerprint density at radius 3 is 2.50 bits per heavy atom. The van der Waals surface area contributed by atoms with Gasteiger partial charge in [-0.05, 0) is 24.8 Å². The van der Waals surface area contributed by atoms with Crippen LogP contribution in [0.2, 0.25) is 0 Å². The zero-order chi connectivity index (χ0) is 11.0. The van der Waals surface area contributed by atoms with Crippen molar-refractivity contribution < 1.29 is 14.3 Å². The van der Waals surface area contributed by atoms with E-state index >= 15 is 0 Å². The summed E-state index contributed by atoms with van der Waals surface area (Å²) >= 11 is 0. The molecule has 0 bridgehead atoms. The van der Waals surface area contributed by atoms with Crippen molar-refractivity contribution in [2.24, 2.45) is 0 Å². The molecule has 1 aromatic carbocycles. The zero-order valence-electron chi connectivity index (χ0n) is 9.02. The number of ether oxygens (including phenoxy) is 2. The fourth-order valence-corrected chi connectivity index (χ4v) is 1.92. The Bertz CT molecular complexity index is 391. The molecule has 84 valence electrons. The molecule has 2 fully saturated rings. The third-order valence-electron chi connectivity index (χ3n) is 3.33. The van der Waals surface area contributed by atoms with Crippen LogP contribution in [-0.4, -0.2) is 18.7 Å². The van der Waals surface area contributed by atoms with Gasteiger partial charge in [0.15, 0.2) is 0 Å². The first-order chi connectivity index (χ1) is 7.81. The van der Waals surface area contributed by atoms with E-state index in [1.165, 1.54) is 0 Å². The normalized spacial score (nSPS) is 28.2. The molecule has 1 atom stereocenters. The van der Waals surface area contributed by atoms with Crippen LogP contribution in [0.3, 0.4) is 0 Å². The van der Waals surface area contributed by atoms with E-state index in [9.17, 15) is 4.79 Å². The molecule has 1 aliphatic carbocycles. The maximum atomic E-state index is 12.0. The van der Waals surface area contributed by atoms with Gasteiger partial charge >= 0.3 is 5.97 Å². The highest BCUT2D eigenvalue weighted by molar-refractivity contribution is 5.84. The maximum Gasteiger partial charge on any atom is 0.345 e. The Morgan fingerprint density at radius 1 is 1.31 bits per heavy atom. The van der Waals surface area contributed by atoms with Gasteiger partial charge in [0.05, 0.1) is 6.61 Å². The predicted molar refractivity (Wildman–Crippen MR) is 57.8 cm³/mol. The summed E-state index contributed by atoms with van der Waals surface area (Å²) < 4.78 is 10.7. The number of benzene rings is 1. The average Bonchev–Trinajstić information content (AvgIpc) is 3.06. The van der Waals surface area contributed by atoms with E-state index in [4.69, 9.17) is 9.47 Å². The number of carbonyl (C=O) groups excluding carboxylic acids is 1. The van der Waals surface area contributed by atoms with E-state index in [2.05, 4.69) is 0 Å². The topological polar surface area (TPSA) is 38.8 Å². The zero-order valence-corrected chi connectivity index (χ0v) is 9.02. The van der Waals surface area contributed by atoms with Crippen LogP contribution in [0, 0.1) is 0 Å². The fourth-order valence-electron chi connectivity index (χ4n) is 1.92. The monoisotopic (exact) mass is 218 g/mol. The lowest BCUT2D eigenvalue weighted by atomic mass is 9.95. The molecule has 1 aromatic rings. The van der Waals surface area contributed by atoms with Crippen molar-refractivity contribution in [3.8, 4) is 0 Å². The number of rotatable bonds is 3. The molecule has 1 unspecified atom stereocenters.